The zero-order valence-electron chi connectivity index (χ0n) is 20.0. The normalized spacial score (nSPS) is 13.6. The number of nitrogens with two attached hydrogens (primary N) is 1. The van der Waals surface area contributed by atoms with Crippen molar-refractivity contribution in [3.63, 3.8) is 0 Å². The number of hydrogen-bond donors (Lipinski definition) is 2. The second kappa shape index (κ2) is 11.8. The van der Waals surface area contributed by atoms with Crippen molar-refractivity contribution in [2.24, 2.45) is 5.73 Å². The molecule has 9 nitrogen and oxygen atoms in total. The summed E-state index contributed by atoms with van der Waals surface area (Å²) in [6.07, 6.45) is -4.64. The zero-order chi connectivity index (χ0) is 27.2. The predicted molar refractivity (Wildman–Crippen MR) is 124 cm³/mol. The first-order chi connectivity index (χ1) is 17.5. The van der Waals surface area contributed by atoms with Crippen molar-refractivity contribution in [2.45, 2.75) is 45.1 Å². The Morgan fingerprint density at radius 3 is 2.57 bits per heavy atom. The van der Waals surface area contributed by atoms with Crippen LogP contribution in [0.3, 0.4) is 0 Å². The zero-order valence-corrected chi connectivity index (χ0v) is 20.0. The Balaban J connectivity index is 1.62. The molecule has 198 valence electrons. The SMILES string of the molecule is CCOC(=O)C(CCC(N)=O)N1Cc2cc(OCC(=O)NCc3ccccc3C(F)(F)F)ccc2C1=O. The molecule has 0 saturated carbocycles. The Bertz CT molecular complexity index is 1180. The fourth-order valence-corrected chi connectivity index (χ4v) is 3.92. The fraction of sp³-hybridized carbons (Fsp3) is 0.360. The first-order valence-electron chi connectivity index (χ1n) is 11.4. The van der Waals surface area contributed by atoms with Crippen LogP contribution in [-0.4, -0.2) is 47.8 Å². The summed E-state index contributed by atoms with van der Waals surface area (Å²) in [5.74, 6) is -2.07. The van der Waals surface area contributed by atoms with Crippen molar-refractivity contribution >= 4 is 23.7 Å². The number of ether oxygens (including phenoxy) is 2. The summed E-state index contributed by atoms with van der Waals surface area (Å²) >= 11 is 0. The Labute approximate surface area is 210 Å². The van der Waals surface area contributed by atoms with Crippen LogP contribution in [0.2, 0.25) is 0 Å². The lowest BCUT2D eigenvalue weighted by molar-refractivity contribution is -0.149. The van der Waals surface area contributed by atoms with Gasteiger partial charge in [-0.05, 0) is 48.7 Å². The molecule has 3 rings (SSSR count). The van der Waals surface area contributed by atoms with Crippen molar-refractivity contribution < 1.29 is 41.8 Å². The molecule has 1 unspecified atom stereocenters. The third kappa shape index (κ3) is 6.99. The molecule has 1 heterocycles. The third-order valence-corrected chi connectivity index (χ3v) is 5.68. The number of rotatable bonds is 11. The summed E-state index contributed by atoms with van der Waals surface area (Å²) in [7, 11) is 0. The molecule has 3 amide bonds. The number of nitrogens with zero attached hydrogens (tertiary/aromatic N) is 1. The summed E-state index contributed by atoms with van der Waals surface area (Å²) in [5.41, 5.74) is 5.15. The van der Waals surface area contributed by atoms with Crippen LogP contribution in [0, 0.1) is 0 Å². The summed E-state index contributed by atoms with van der Waals surface area (Å²) in [6.45, 7) is 0.982. The lowest BCUT2D eigenvalue weighted by Gasteiger charge is -2.25. The molecule has 1 aliphatic heterocycles. The quantitative estimate of drug-likeness (QED) is 0.438. The predicted octanol–water partition coefficient (Wildman–Crippen LogP) is 2.55. The van der Waals surface area contributed by atoms with E-state index in [1.807, 2.05) is 0 Å². The van der Waals surface area contributed by atoms with Gasteiger partial charge in [0.05, 0.1) is 12.2 Å². The van der Waals surface area contributed by atoms with Crippen molar-refractivity contribution in [2.75, 3.05) is 13.2 Å². The van der Waals surface area contributed by atoms with Crippen LogP contribution in [0.5, 0.6) is 5.75 Å². The van der Waals surface area contributed by atoms with Crippen LogP contribution in [0.15, 0.2) is 42.5 Å². The van der Waals surface area contributed by atoms with Crippen LogP contribution >= 0.6 is 0 Å². The molecule has 0 spiro atoms. The molecule has 1 aliphatic rings. The minimum atomic E-state index is -4.54. The highest BCUT2D eigenvalue weighted by Crippen LogP contribution is 2.32. The molecule has 0 aromatic heterocycles. The number of nitrogens with one attached hydrogen (secondary N) is 1. The van der Waals surface area contributed by atoms with Gasteiger partial charge in [-0.2, -0.15) is 13.2 Å². The van der Waals surface area contributed by atoms with Gasteiger partial charge in [-0.1, -0.05) is 18.2 Å². The lowest BCUT2D eigenvalue weighted by atomic mass is 10.1. The van der Waals surface area contributed by atoms with E-state index in [9.17, 15) is 32.3 Å². The van der Waals surface area contributed by atoms with Gasteiger partial charge in [0.2, 0.25) is 5.91 Å². The van der Waals surface area contributed by atoms with E-state index >= 15 is 0 Å². The smallest absolute Gasteiger partial charge is 0.416 e. The lowest BCUT2D eigenvalue weighted by Crippen LogP contribution is -2.43. The summed E-state index contributed by atoms with van der Waals surface area (Å²) in [6, 6.07) is 8.42. The molecular weight excluding hydrogens is 495 g/mol. The number of primary amides is 1. The van der Waals surface area contributed by atoms with Crippen molar-refractivity contribution in [3.05, 3.63) is 64.7 Å². The molecule has 2 aromatic carbocycles. The summed E-state index contributed by atoms with van der Waals surface area (Å²) < 4.78 is 49.8. The van der Waals surface area contributed by atoms with Gasteiger partial charge in [0.15, 0.2) is 6.61 Å². The standard InChI is InChI=1S/C25H26F3N3O6/c1-2-36-24(35)20(9-10-21(29)32)31-13-16-11-17(7-8-18(16)23(31)34)37-14-22(33)30-12-15-5-3-4-6-19(15)25(26,27)28/h3-8,11,20H,2,9-10,12-14H2,1H3,(H2,29,32)(H,30,33). The van der Waals surface area contributed by atoms with E-state index in [0.717, 1.165) is 6.07 Å². The first kappa shape index (κ1) is 27.5. The molecular formula is C25H26F3N3O6. The highest BCUT2D eigenvalue weighted by molar-refractivity contribution is 6.00. The molecule has 0 aliphatic carbocycles. The summed E-state index contributed by atoms with van der Waals surface area (Å²) in [4.78, 5) is 50.0. The van der Waals surface area contributed by atoms with Crippen LogP contribution in [0.1, 0.15) is 46.8 Å². The molecule has 37 heavy (non-hydrogen) atoms. The number of hydrogen-bond acceptors (Lipinski definition) is 6. The number of amides is 3. The Morgan fingerprint density at radius 1 is 1.16 bits per heavy atom. The van der Waals surface area contributed by atoms with Gasteiger partial charge < -0.3 is 25.4 Å². The fourth-order valence-electron chi connectivity index (χ4n) is 3.92. The van der Waals surface area contributed by atoms with Gasteiger partial charge in [-0.15, -0.1) is 0 Å². The molecule has 0 bridgehead atoms. The second-order valence-corrected chi connectivity index (χ2v) is 8.25. The molecule has 0 fully saturated rings. The Kier molecular flexibility index (Phi) is 8.74. The van der Waals surface area contributed by atoms with E-state index < -0.39 is 48.1 Å². The molecule has 3 N–H and O–H groups in total. The first-order valence-corrected chi connectivity index (χ1v) is 11.4. The monoisotopic (exact) mass is 521 g/mol. The van der Waals surface area contributed by atoms with E-state index in [0.29, 0.717) is 11.1 Å². The third-order valence-electron chi connectivity index (χ3n) is 5.68. The van der Waals surface area contributed by atoms with Gasteiger partial charge in [0.25, 0.3) is 11.8 Å². The number of benzene rings is 2. The number of halogens is 3. The minimum absolute atomic E-state index is 0.00882. The van der Waals surface area contributed by atoms with E-state index in [1.165, 1.54) is 41.3 Å². The van der Waals surface area contributed by atoms with Crippen LogP contribution < -0.4 is 15.8 Å². The van der Waals surface area contributed by atoms with E-state index in [1.54, 1.807) is 6.92 Å². The average molecular weight is 521 g/mol. The van der Waals surface area contributed by atoms with Crippen LogP contribution in [0.25, 0.3) is 0 Å². The molecule has 1 atom stereocenters. The summed E-state index contributed by atoms with van der Waals surface area (Å²) in [5, 5.41) is 2.40. The van der Waals surface area contributed by atoms with Gasteiger partial charge in [0, 0.05) is 25.1 Å². The van der Waals surface area contributed by atoms with Gasteiger partial charge in [-0.3, -0.25) is 14.4 Å². The van der Waals surface area contributed by atoms with Crippen LogP contribution in [-0.2, 0) is 38.4 Å². The topological polar surface area (TPSA) is 128 Å². The van der Waals surface area contributed by atoms with Crippen molar-refractivity contribution in [1.82, 2.24) is 10.2 Å². The van der Waals surface area contributed by atoms with Crippen LogP contribution in [0.4, 0.5) is 13.2 Å². The van der Waals surface area contributed by atoms with Crippen molar-refractivity contribution in [1.29, 1.82) is 0 Å². The average Bonchev–Trinajstić information content (AvgIpc) is 3.16. The molecule has 0 saturated heterocycles. The maximum Gasteiger partial charge on any atom is 0.416 e. The number of esters is 1. The molecule has 12 heteroatoms. The largest absolute Gasteiger partial charge is 0.484 e. The van der Waals surface area contributed by atoms with E-state index in [4.69, 9.17) is 15.2 Å². The molecule has 2 aromatic rings. The van der Waals surface area contributed by atoms with Crippen molar-refractivity contribution in [3.8, 4) is 5.75 Å². The van der Waals surface area contributed by atoms with E-state index in [-0.39, 0.29) is 43.9 Å². The van der Waals surface area contributed by atoms with E-state index in [2.05, 4.69) is 5.32 Å². The highest BCUT2D eigenvalue weighted by Gasteiger charge is 2.37. The molecule has 0 radical (unpaired) electrons. The maximum absolute atomic E-state index is 13.1. The van der Waals surface area contributed by atoms with Gasteiger partial charge >= 0.3 is 12.1 Å². The number of alkyl halides is 3. The number of carbonyl (C=O) groups is 4. The number of fused-ring (bicyclic) bond motifs is 1. The minimum Gasteiger partial charge on any atom is -0.484 e. The van der Waals surface area contributed by atoms with Gasteiger partial charge in [-0.25, -0.2) is 4.79 Å². The second-order valence-electron chi connectivity index (χ2n) is 8.25. The number of carbonyl (C=O) groups excluding carboxylic acids is 4. The highest BCUT2D eigenvalue weighted by atomic mass is 19.4. The maximum atomic E-state index is 13.1. The Morgan fingerprint density at radius 2 is 1.89 bits per heavy atom. The Hall–Kier alpha value is -4.09. The van der Waals surface area contributed by atoms with Gasteiger partial charge in [0.1, 0.15) is 11.8 Å².